The number of thioether (sulfide) groups is 1. The Hall–Kier alpha value is -2.14. The van der Waals surface area contributed by atoms with Crippen LogP contribution in [0.2, 0.25) is 0 Å². The van der Waals surface area contributed by atoms with Crippen LogP contribution in [-0.4, -0.2) is 36.8 Å². The molecule has 0 fully saturated rings. The average Bonchev–Trinajstić information content (AvgIpc) is 2.62. The topological polar surface area (TPSA) is 38.8 Å². The van der Waals surface area contributed by atoms with Crippen LogP contribution in [0.5, 0.6) is 11.5 Å². The first kappa shape index (κ1) is 17.7. The molecule has 132 valence electrons. The highest BCUT2D eigenvalue weighted by Crippen LogP contribution is 2.31. The zero-order valence-electron chi connectivity index (χ0n) is 14.9. The molecule has 3 rings (SSSR count). The molecule has 0 bridgehead atoms. The Morgan fingerprint density at radius 2 is 1.80 bits per heavy atom. The molecule has 5 heteroatoms. The van der Waals surface area contributed by atoms with Crippen LogP contribution in [0, 0.1) is 13.8 Å². The molecule has 4 nitrogen and oxygen atoms in total. The van der Waals surface area contributed by atoms with Crippen LogP contribution < -0.4 is 9.47 Å². The molecule has 0 saturated carbocycles. The summed E-state index contributed by atoms with van der Waals surface area (Å²) in [6.07, 6.45) is 0. The van der Waals surface area contributed by atoms with E-state index in [1.165, 1.54) is 11.1 Å². The minimum Gasteiger partial charge on any atom is -0.486 e. The van der Waals surface area contributed by atoms with E-state index in [-0.39, 0.29) is 5.91 Å². The molecule has 1 aliphatic heterocycles. The molecule has 0 saturated heterocycles. The van der Waals surface area contributed by atoms with Gasteiger partial charge in [-0.05, 0) is 54.8 Å². The predicted molar refractivity (Wildman–Crippen MR) is 101 cm³/mol. The second-order valence-electron chi connectivity index (χ2n) is 6.26. The number of nitrogens with zero attached hydrogens (tertiary/aromatic N) is 1. The van der Waals surface area contributed by atoms with Crippen LogP contribution in [0.3, 0.4) is 0 Å². The molecule has 1 aliphatic rings. The van der Waals surface area contributed by atoms with E-state index in [0.29, 0.717) is 25.5 Å². The number of aryl methyl sites for hydroxylation is 2. The van der Waals surface area contributed by atoms with Crippen LogP contribution in [0.15, 0.2) is 41.3 Å². The number of ether oxygens (including phenoxy) is 2. The van der Waals surface area contributed by atoms with Crippen molar-refractivity contribution in [3.63, 3.8) is 0 Å². The van der Waals surface area contributed by atoms with Gasteiger partial charge in [0, 0.05) is 18.5 Å². The Labute approximate surface area is 153 Å². The SMILES string of the molecule is Cc1ccc(SCC(=O)N(C)Cc2ccc3c(c2)OCCO3)cc1C. The van der Waals surface area contributed by atoms with Crippen molar-refractivity contribution >= 4 is 17.7 Å². The normalized spacial score (nSPS) is 12.8. The molecule has 0 spiro atoms. The van der Waals surface area contributed by atoms with Crippen LogP contribution in [-0.2, 0) is 11.3 Å². The van der Waals surface area contributed by atoms with E-state index >= 15 is 0 Å². The van der Waals surface area contributed by atoms with Gasteiger partial charge in [-0.15, -0.1) is 11.8 Å². The third-order valence-corrected chi connectivity index (χ3v) is 5.27. The van der Waals surface area contributed by atoms with Gasteiger partial charge in [-0.25, -0.2) is 0 Å². The second kappa shape index (κ2) is 7.83. The van der Waals surface area contributed by atoms with Crippen molar-refractivity contribution in [3.8, 4) is 11.5 Å². The lowest BCUT2D eigenvalue weighted by molar-refractivity contribution is -0.127. The molecule has 1 amide bonds. The smallest absolute Gasteiger partial charge is 0.232 e. The predicted octanol–water partition coefficient (Wildman–Crippen LogP) is 3.83. The van der Waals surface area contributed by atoms with E-state index in [2.05, 4.69) is 32.0 Å². The first-order valence-corrected chi connectivity index (χ1v) is 9.34. The third kappa shape index (κ3) is 4.48. The maximum atomic E-state index is 12.4. The first-order chi connectivity index (χ1) is 12.0. The number of rotatable bonds is 5. The number of fused-ring (bicyclic) bond motifs is 1. The summed E-state index contributed by atoms with van der Waals surface area (Å²) in [5, 5.41) is 0. The Kier molecular flexibility index (Phi) is 5.53. The van der Waals surface area contributed by atoms with Gasteiger partial charge in [0.1, 0.15) is 13.2 Å². The van der Waals surface area contributed by atoms with E-state index < -0.39 is 0 Å². The largest absolute Gasteiger partial charge is 0.486 e. The van der Waals surface area contributed by atoms with Crippen molar-refractivity contribution in [2.24, 2.45) is 0 Å². The molecule has 1 heterocycles. The maximum Gasteiger partial charge on any atom is 0.232 e. The van der Waals surface area contributed by atoms with Crippen molar-refractivity contribution in [1.82, 2.24) is 4.90 Å². The highest BCUT2D eigenvalue weighted by molar-refractivity contribution is 8.00. The Bertz CT molecular complexity index is 776. The highest BCUT2D eigenvalue weighted by Gasteiger charge is 2.14. The van der Waals surface area contributed by atoms with Gasteiger partial charge in [0.25, 0.3) is 0 Å². The Morgan fingerprint density at radius 3 is 2.56 bits per heavy atom. The van der Waals surface area contributed by atoms with E-state index in [1.54, 1.807) is 16.7 Å². The summed E-state index contributed by atoms with van der Waals surface area (Å²) in [6.45, 7) is 5.90. The molecular weight excluding hydrogens is 334 g/mol. The zero-order chi connectivity index (χ0) is 17.8. The summed E-state index contributed by atoms with van der Waals surface area (Å²) < 4.78 is 11.1. The standard InChI is InChI=1S/C20H23NO3S/c1-14-4-6-17(10-15(14)2)25-13-20(22)21(3)12-16-5-7-18-19(11-16)24-9-8-23-18/h4-7,10-11H,8-9,12-13H2,1-3H3. The second-order valence-corrected chi connectivity index (χ2v) is 7.31. The lowest BCUT2D eigenvalue weighted by atomic mass is 10.1. The quantitative estimate of drug-likeness (QED) is 0.763. The number of hydrogen-bond donors (Lipinski definition) is 0. The summed E-state index contributed by atoms with van der Waals surface area (Å²) in [6, 6.07) is 12.1. The van der Waals surface area contributed by atoms with Gasteiger partial charge in [0.2, 0.25) is 5.91 Å². The molecule has 0 aliphatic carbocycles. The monoisotopic (exact) mass is 357 g/mol. The molecule has 0 atom stereocenters. The molecule has 0 aromatic heterocycles. The van der Waals surface area contributed by atoms with Crippen molar-refractivity contribution in [2.75, 3.05) is 26.0 Å². The van der Waals surface area contributed by atoms with E-state index in [0.717, 1.165) is 22.0 Å². The van der Waals surface area contributed by atoms with E-state index in [1.807, 2.05) is 25.2 Å². The molecule has 25 heavy (non-hydrogen) atoms. The third-order valence-electron chi connectivity index (χ3n) is 4.29. The Balaban J connectivity index is 1.56. The van der Waals surface area contributed by atoms with Crippen molar-refractivity contribution in [2.45, 2.75) is 25.3 Å². The molecular formula is C20H23NO3S. The lowest BCUT2D eigenvalue weighted by Crippen LogP contribution is -2.27. The number of benzene rings is 2. The van der Waals surface area contributed by atoms with Gasteiger partial charge < -0.3 is 14.4 Å². The lowest BCUT2D eigenvalue weighted by Gasteiger charge is -2.21. The van der Waals surface area contributed by atoms with Crippen LogP contribution in [0.25, 0.3) is 0 Å². The van der Waals surface area contributed by atoms with Crippen molar-refractivity contribution < 1.29 is 14.3 Å². The molecule has 0 N–H and O–H groups in total. The van der Waals surface area contributed by atoms with Crippen molar-refractivity contribution in [3.05, 3.63) is 53.1 Å². The van der Waals surface area contributed by atoms with Crippen LogP contribution in [0.4, 0.5) is 0 Å². The first-order valence-electron chi connectivity index (χ1n) is 8.35. The van der Waals surface area contributed by atoms with E-state index in [9.17, 15) is 4.79 Å². The summed E-state index contributed by atoms with van der Waals surface area (Å²) in [7, 11) is 1.83. The fourth-order valence-corrected chi connectivity index (χ4v) is 3.54. The maximum absolute atomic E-state index is 12.4. The number of carbonyl (C=O) groups is 1. The van der Waals surface area contributed by atoms with Gasteiger partial charge in [0.05, 0.1) is 5.75 Å². The zero-order valence-corrected chi connectivity index (χ0v) is 15.7. The molecule has 2 aromatic carbocycles. The fourth-order valence-electron chi connectivity index (χ4n) is 2.61. The molecule has 2 aromatic rings. The average molecular weight is 357 g/mol. The number of hydrogen-bond acceptors (Lipinski definition) is 4. The summed E-state index contributed by atoms with van der Waals surface area (Å²) >= 11 is 1.58. The summed E-state index contributed by atoms with van der Waals surface area (Å²) in [4.78, 5) is 15.3. The molecule has 0 unspecified atom stereocenters. The van der Waals surface area contributed by atoms with Gasteiger partial charge in [-0.1, -0.05) is 12.1 Å². The van der Waals surface area contributed by atoms with Gasteiger partial charge in [-0.3, -0.25) is 4.79 Å². The minimum absolute atomic E-state index is 0.109. The van der Waals surface area contributed by atoms with Crippen LogP contribution >= 0.6 is 11.8 Å². The number of amides is 1. The summed E-state index contributed by atoms with van der Waals surface area (Å²) in [5.41, 5.74) is 3.56. The van der Waals surface area contributed by atoms with E-state index in [4.69, 9.17) is 9.47 Å². The van der Waals surface area contributed by atoms with Gasteiger partial charge in [0.15, 0.2) is 11.5 Å². The van der Waals surface area contributed by atoms with Crippen LogP contribution in [0.1, 0.15) is 16.7 Å². The fraction of sp³-hybridized carbons (Fsp3) is 0.350. The van der Waals surface area contributed by atoms with Gasteiger partial charge in [-0.2, -0.15) is 0 Å². The number of carbonyl (C=O) groups excluding carboxylic acids is 1. The minimum atomic E-state index is 0.109. The summed E-state index contributed by atoms with van der Waals surface area (Å²) in [5.74, 6) is 2.07. The highest BCUT2D eigenvalue weighted by atomic mass is 32.2. The van der Waals surface area contributed by atoms with Crippen molar-refractivity contribution in [1.29, 1.82) is 0 Å². The molecule has 0 radical (unpaired) electrons. The Morgan fingerprint density at radius 1 is 1.04 bits per heavy atom. The van der Waals surface area contributed by atoms with Gasteiger partial charge >= 0.3 is 0 Å².